The number of hydrogen-bond acceptors (Lipinski definition) is 5. The quantitative estimate of drug-likeness (QED) is 0.560. The third kappa shape index (κ3) is 5.23. The van der Waals surface area contributed by atoms with Crippen molar-refractivity contribution in [3.05, 3.63) is 24.0 Å². The van der Waals surface area contributed by atoms with Crippen LogP contribution in [0.2, 0.25) is 0 Å². The van der Waals surface area contributed by atoms with Crippen LogP contribution >= 0.6 is 0 Å². The average Bonchev–Trinajstić information content (AvgIpc) is 2.39. The Labute approximate surface area is 114 Å². The zero-order chi connectivity index (χ0) is 14.3. The maximum atomic E-state index is 11.8. The number of anilines is 1. The monoisotopic (exact) mass is 265 g/mol. The Bertz CT molecular complexity index is 408. The number of rotatable bonds is 7. The van der Waals surface area contributed by atoms with Gasteiger partial charge in [-0.25, -0.2) is 0 Å². The highest BCUT2D eigenvalue weighted by molar-refractivity contribution is 5.77. The summed E-state index contributed by atoms with van der Waals surface area (Å²) in [5.41, 5.74) is 4.32. The van der Waals surface area contributed by atoms with Gasteiger partial charge in [-0.05, 0) is 25.1 Å². The fourth-order valence-corrected chi connectivity index (χ4v) is 1.75. The van der Waals surface area contributed by atoms with E-state index in [0.29, 0.717) is 13.1 Å². The average molecular weight is 265 g/mol. The number of hydrazine groups is 1. The lowest BCUT2D eigenvalue weighted by Crippen LogP contribution is -2.36. The van der Waals surface area contributed by atoms with Crippen LogP contribution in [0.25, 0.3) is 0 Å². The first-order valence-corrected chi connectivity index (χ1v) is 6.40. The minimum atomic E-state index is 0.0987. The Morgan fingerprint density at radius 2 is 2.21 bits per heavy atom. The minimum absolute atomic E-state index is 0.0987. The molecule has 0 aliphatic heterocycles. The topological polar surface area (TPSA) is 74.5 Å². The molecule has 0 spiro atoms. The van der Waals surface area contributed by atoms with Crippen LogP contribution in [0.5, 0.6) is 0 Å². The lowest BCUT2D eigenvalue weighted by atomic mass is 10.3. The number of carbonyl (C=O) groups is 1. The van der Waals surface area contributed by atoms with Crippen molar-refractivity contribution in [1.82, 2.24) is 14.8 Å². The summed E-state index contributed by atoms with van der Waals surface area (Å²) < 4.78 is 0. The van der Waals surface area contributed by atoms with Crippen molar-refractivity contribution in [3.63, 3.8) is 0 Å². The molecule has 0 saturated carbocycles. The van der Waals surface area contributed by atoms with E-state index in [1.165, 1.54) is 0 Å². The molecule has 0 saturated heterocycles. The Morgan fingerprint density at radius 1 is 1.47 bits per heavy atom. The molecular formula is C13H23N5O. The van der Waals surface area contributed by atoms with Crippen LogP contribution in [0.15, 0.2) is 18.3 Å². The van der Waals surface area contributed by atoms with E-state index in [-0.39, 0.29) is 5.91 Å². The minimum Gasteiger partial charge on any atom is -0.348 e. The second-order valence-electron chi connectivity index (χ2n) is 4.68. The van der Waals surface area contributed by atoms with Crippen LogP contribution in [0.3, 0.4) is 0 Å². The second kappa shape index (κ2) is 7.70. The van der Waals surface area contributed by atoms with Gasteiger partial charge in [0, 0.05) is 26.8 Å². The van der Waals surface area contributed by atoms with Gasteiger partial charge >= 0.3 is 0 Å². The number of pyridine rings is 1. The van der Waals surface area contributed by atoms with Crippen LogP contribution in [-0.2, 0) is 11.3 Å². The van der Waals surface area contributed by atoms with E-state index in [2.05, 4.69) is 22.2 Å². The molecule has 0 radical (unpaired) electrons. The summed E-state index contributed by atoms with van der Waals surface area (Å²) in [7, 11) is 3.54. The van der Waals surface area contributed by atoms with Crippen LogP contribution < -0.4 is 11.3 Å². The number of carbonyl (C=O) groups excluding carboxylic acids is 1. The van der Waals surface area contributed by atoms with E-state index >= 15 is 0 Å². The van der Waals surface area contributed by atoms with Crippen molar-refractivity contribution in [2.45, 2.75) is 19.9 Å². The zero-order valence-corrected chi connectivity index (χ0v) is 11.9. The second-order valence-corrected chi connectivity index (χ2v) is 4.68. The molecule has 0 bridgehead atoms. The van der Waals surface area contributed by atoms with Gasteiger partial charge < -0.3 is 10.3 Å². The van der Waals surface area contributed by atoms with Gasteiger partial charge in [0.25, 0.3) is 0 Å². The van der Waals surface area contributed by atoms with Crippen LogP contribution in [-0.4, -0.2) is 47.9 Å². The summed E-state index contributed by atoms with van der Waals surface area (Å²) in [4.78, 5) is 19.8. The molecule has 6 heteroatoms. The molecule has 1 aromatic rings. The number of aromatic nitrogens is 1. The maximum Gasteiger partial charge on any atom is 0.236 e. The summed E-state index contributed by atoms with van der Waals surface area (Å²) in [5.74, 6) is 5.48. The molecule has 1 rings (SSSR count). The van der Waals surface area contributed by atoms with Gasteiger partial charge in [0.1, 0.15) is 0 Å². The highest BCUT2D eigenvalue weighted by Crippen LogP contribution is 2.09. The molecule has 106 valence electrons. The van der Waals surface area contributed by atoms with E-state index in [9.17, 15) is 4.79 Å². The molecule has 1 heterocycles. The lowest BCUT2D eigenvalue weighted by Gasteiger charge is -2.22. The fourth-order valence-electron chi connectivity index (χ4n) is 1.75. The summed E-state index contributed by atoms with van der Waals surface area (Å²) in [6.45, 7) is 4.01. The van der Waals surface area contributed by atoms with Gasteiger partial charge in [0.05, 0.1) is 17.9 Å². The number of nitrogens with two attached hydrogens (primary N) is 1. The SMILES string of the molecule is CCCN(CC(=O)N(C)C)Cc1cc(NN)ccn1. The van der Waals surface area contributed by atoms with Gasteiger partial charge in [0.15, 0.2) is 0 Å². The molecule has 0 atom stereocenters. The number of amides is 1. The Hall–Kier alpha value is -1.66. The first-order chi connectivity index (χ1) is 9.06. The van der Waals surface area contributed by atoms with Crippen molar-refractivity contribution in [1.29, 1.82) is 0 Å². The third-order valence-corrected chi connectivity index (χ3v) is 2.77. The summed E-state index contributed by atoms with van der Waals surface area (Å²) in [5, 5.41) is 0. The first-order valence-electron chi connectivity index (χ1n) is 6.40. The van der Waals surface area contributed by atoms with Crippen molar-refractivity contribution < 1.29 is 4.79 Å². The van der Waals surface area contributed by atoms with Crippen molar-refractivity contribution in [3.8, 4) is 0 Å². The third-order valence-electron chi connectivity index (χ3n) is 2.77. The predicted octanol–water partition coefficient (Wildman–Crippen LogP) is 0.667. The van der Waals surface area contributed by atoms with Crippen LogP contribution in [0, 0.1) is 0 Å². The van der Waals surface area contributed by atoms with Gasteiger partial charge in [-0.3, -0.25) is 20.5 Å². The van der Waals surface area contributed by atoms with E-state index in [0.717, 1.165) is 24.3 Å². The van der Waals surface area contributed by atoms with Crippen molar-refractivity contribution >= 4 is 11.6 Å². The number of nitrogens with zero attached hydrogens (tertiary/aromatic N) is 3. The number of hydrogen-bond donors (Lipinski definition) is 2. The zero-order valence-electron chi connectivity index (χ0n) is 11.9. The Balaban J connectivity index is 2.68. The molecule has 1 amide bonds. The molecule has 1 aromatic heterocycles. The number of nitrogen functional groups attached to an aromatic ring is 1. The van der Waals surface area contributed by atoms with Crippen LogP contribution in [0.4, 0.5) is 5.69 Å². The summed E-state index contributed by atoms with van der Waals surface area (Å²) in [6, 6.07) is 3.70. The van der Waals surface area contributed by atoms with Crippen molar-refractivity contribution in [2.24, 2.45) is 5.84 Å². The Kier molecular flexibility index (Phi) is 6.24. The van der Waals surface area contributed by atoms with E-state index < -0.39 is 0 Å². The maximum absolute atomic E-state index is 11.8. The number of likely N-dealkylation sites (N-methyl/N-ethyl adjacent to an activating group) is 1. The largest absolute Gasteiger partial charge is 0.348 e. The Morgan fingerprint density at radius 3 is 2.79 bits per heavy atom. The molecule has 0 fully saturated rings. The molecule has 0 aromatic carbocycles. The predicted molar refractivity (Wildman–Crippen MR) is 76.3 cm³/mol. The molecule has 19 heavy (non-hydrogen) atoms. The molecule has 0 aliphatic rings. The highest BCUT2D eigenvalue weighted by Gasteiger charge is 2.12. The highest BCUT2D eigenvalue weighted by atomic mass is 16.2. The molecule has 6 nitrogen and oxygen atoms in total. The van der Waals surface area contributed by atoms with Gasteiger partial charge in [-0.2, -0.15) is 0 Å². The molecule has 0 unspecified atom stereocenters. The molecular weight excluding hydrogens is 242 g/mol. The van der Waals surface area contributed by atoms with Gasteiger partial charge in [-0.15, -0.1) is 0 Å². The van der Waals surface area contributed by atoms with E-state index in [1.807, 2.05) is 6.07 Å². The lowest BCUT2D eigenvalue weighted by molar-refractivity contribution is -0.130. The fraction of sp³-hybridized carbons (Fsp3) is 0.538. The van der Waals surface area contributed by atoms with Crippen LogP contribution in [0.1, 0.15) is 19.0 Å². The van der Waals surface area contributed by atoms with E-state index in [4.69, 9.17) is 5.84 Å². The molecule has 0 aliphatic carbocycles. The van der Waals surface area contributed by atoms with Gasteiger partial charge in [0.2, 0.25) is 5.91 Å². The van der Waals surface area contributed by atoms with E-state index in [1.54, 1.807) is 31.3 Å². The summed E-state index contributed by atoms with van der Waals surface area (Å²) >= 11 is 0. The normalized spacial score (nSPS) is 10.6. The van der Waals surface area contributed by atoms with Gasteiger partial charge in [-0.1, -0.05) is 6.92 Å². The number of nitrogens with one attached hydrogen (secondary N) is 1. The standard InChI is InChI=1S/C13H23N5O/c1-4-7-18(10-13(19)17(2)3)9-12-8-11(16-14)5-6-15-12/h5-6,8H,4,7,9-10,14H2,1-3H3,(H,15,16). The van der Waals surface area contributed by atoms with Crippen molar-refractivity contribution in [2.75, 3.05) is 32.6 Å². The first kappa shape index (κ1) is 15.4. The summed E-state index contributed by atoms with van der Waals surface area (Å²) in [6.07, 6.45) is 2.71. The molecule has 3 N–H and O–H groups in total. The smallest absolute Gasteiger partial charge is 0.236 e.